The van der Waals surface area contributed by atoms with Gasteiger partial charge in [0.25, 0.3) is 5.91 Å². The Morgan fingerprint density at radius 2 is 1.88 bits per heavy atom. The lowest BCUT2D eigenvalue weighted by Crippen LogP contribution is -2.29. The number of halogens is 2. The largest absolute Gasteiger partial charge is 0.358 e. The summed E-state index contributed by atoms with van der Waals surface area (Å²) in [5, 5.41) is 4.72. The number of aromatic nitrogens is 1. The zero-order valence-corrected chi connectivity index (χ0v) is 19.3. The fourth-order valence-corrected chi connectivity index (χ4v) is 5.03. The molecule has 7 nitrogen and oxygen atoms in total. The molecule has 2 aromatic heterocycles. The average Bonchev–Trinajstić information content (AvgIpc) is 3.31. The van der Waals surface area contributed by atoms with Crippen molar-refractivity contribution in [2.45, 2.75) is 18.0 Å². The molecule has 0 unspecified atom stereocenters. The molecule has 11 heteroatoms. The summed E-state index contributed by atoms with van der Waals surface area (Å²) in [4.78, 5) is 28.4. The summed E-state index contributed by atoms with van der Waals surface area (Å²) in [5.41, 5.74) is -0.476. The van der Waals surface area contributed by atoms with Crippen molar-refractivity contribution in [1.82, 2.24) is 15.0 Å². The van der Waals surface area contributed by atoms with Crippen LogP contribution >= 0.6 is 22.9 Å². The Bertz CT molecular complexity index is 1480. The molecule has 0 atom stereocenters. The molecule has 0 aliphatic heterocycles. The van der Waals surface area contributed by atoms with Crippen LogP contribution in [-0.2, 0) is 23.1 Å². The maximum atomic E-state index is 14.6. The Labute approximate surface area is 197 Å². The van der Waals surface area contributed by atoms with Gasteiger partial charge in [0.15, 0.2) is 0 Å². The van der Waals surface area contributed by atoms with Crippen LogP contribution in [-0.4, -0.2) is 19.3 Å². The molecule has 2 aromatic carbocycles. The predicted octanol–water partition coefficient (Wildman–Crippen LogP) is 3.79. The fraction of sp³-hybridized carbons (Fsp3) is 0.0909. The van der Waals surface area contributed by atoms with Crippen LogP contribution in [0.3, 0.4) is 0 Å². The summed E-state index contributed by atoms with van der Waals surface area (Å²) in [5.74, 6) is -1.60. The Morgan fingerprint density at radius 3 is 2.58 bits per heavy atom. The van der Waals surface area contributed by atoms with E-state index in [1.165, 1.54) is 11.3 Å². The van der Waals surface area contributed by atoms with Crippen LogP contribution in [0.1, 0.15) is 20.8 Å². The number of benzene rings is 2. The summed E-state index contributed by atoms with van der Waals surface area (Å²) in [6.45, 7) is 0.173. The number of sulfonamides is 1. The fourth-order valence-electron chi connectivity index (χ4n) is 3.13. The van der Waals surface area contributed by atoms with Gasteiger partial charge in [-0.3, -0.25) is 9.59 Å². The number of hydrogen-bond acceptors (Lipinski definition) is 5. The van der Waals surface area contributed by atoms with Gasteiger partial charge in [-0.05, 0) is 41.3 Å². The molecular formula is C22H17ClFN3O4S2. The van der Waals surface area contributed by atoms with Crippen LogP contribution in [0, 0.1) is 5.82 Å². The lowest BCUT2D eigenvalue weighted by atomic mass is 10.1. The predicted molar refractivity (Wildman–Crippen MR) is 125 cm³/mol. The standard InChI is InChI=1S/C22H17ClFN3O4S2/c23-14-5-3-13(4-6-14)10-26-22(29)18-12-25-20-17(21(18)28)8-16(9-19(20)24)33(30,31)27-11-15-2-1-7-32-15/h1-9,12,27H,10-11H2,(H,25,28)(H,26,29). The molecule has 4 rings (SSSR count). The molecule has 0 saturated carbocycles. The maximum Gasteiger partial charge on any atom is 0.257 e. The first-order chi connectivity index (χ1) is 15.7. The average molecular weight is 506 g/mol. The van der Waals surface area contributed by atoms with Crippen molar-refractivity contribution in [3.05, 3.63) is 97.2 Å². The maximum absolute atomic E-state index is 14.6. The molecule has 0 radical (unpaired) electrons. The summed E-state index contributed by atoms with van der Waals surface area (Å²) in [6, 6.07) is 12.2. The first-order valence-electron chi connectivity index (χ1n) is 9.64. The van der Waals surface area contributed by atoms with Gasteiger partial charge in [0, 0.05) is 29.2 Å². The molecular weight excluding hydrogens is 489 g/mol. The molecule has 0 fully saturated rings. The van der Waals surface area contributed by atoms with E-state index in [2.05, 4.69) is 15.0 Å². The molecule has 4 aromatic rings. The Kier molecular flexibility index (Phi) is 6.61. The normalized spacial score (nSPS) is 11.6. The van der Waals surface area contributed by atoms with Crippen LogP contribution in [0.2, 0.25) is 5.02 Å². The van der Waals surface area contributed by atoms with Crippen molar-refractivity contribution in [3.63, 3.8) is 0 Å². The molecule has 0 aliphatic carbocycles. The molecule has 170 valence electrons. The van der Waals surface area contributed by atoms with Gasteiger partial charge in [-0.25, -0.2) is 17.5 Å². The van der Waals surface area contributed by atoms with Crippen LogP contribution in [0.4, 0.5) is 4.39 Å². The smallest absolute Gasteiger partial charge is 0.257 e. The van der Waals surface area contributed by atoms with E-state index < -0.39 is 32.1 Å². The molecule has 0 saturated heterocycles. The van der Waals surface area contributed by atoms with Crippen LogP contribution in [0.15, 0.2) is 69.8 Å². The van der Waals surface area contributed by atoms with Crippen LogP contribution < -0.4 is 15.5 Å². The van der Waals surface area contributed by atoms with Gasteiger partial charge in [0.05, 0.1) is 15.8 Å². The van der Waals surface area contributed by atoms with E-state index >= 15 is 0 Å². The topological polar surface area (TPSA) is 108 Å². The lowest BCUT2D eigenvalue weighted by molar-refractivity contribution is 0.0949. The number of carbonyl (C=O) groups excluding carboxylic acids is 1. The van der Waals surface area contributed by atoms with E-state index in [0.717, 1.165) is 28.8 Å². The van der Waals surface area contributed by atoms with E-state index in [1.54, 1.807) is 41.8 Å². The minimum Gasteiger partial charge on any atom is -0.358 e. The van der Waals surface area contributed by atoms with E-state index in [-0.39, 0.29) is 29.6 Å². The van der Waals surface area contributed by atoms with Gasteiger partial charge >= 0.3 is 0 Å². The number of fused-ring (bicyclic) bond motifs is 1. The monoisotopic (exact) mass is 505 g/mol. The highest BCUT2D eigenvalue weighted by molar-refractivity contribution is 7.89. The third-order valence-electron chi connectivity index (χ3n) is 4.85. The number of rotatable bonds is 7. The molecule has 3 N–H and O–H groups in total. The number of pyridine rings is 1. The number of thiophene rings is 1. The first kappa shape index (κ1) is 23.1. The summed E-state index contributed by atoms with van der Waals surface area (Å²) in [6.07, 6.45) is 1.11. The zero-order chi connectivity index (χ0) is 23.6. The summed E-state index contributed by atoms with van der Waals surface area (Å²) >= 11 is 7.21. The van der Waals surface area contributed by atoms with Crippen molar-refractivity contribution in [2.75, 3.05) is 0 Å². The molecule has 2 heterocycles. The van der Waals surface area contributed by atoms with E-state index in [1.807, 2.05) is 0 Å². The SMILES string of the molecule is O=C(NCc1ccc(Cl)cc1)c1c[nH]c2c(F)cc(S(=O)(=O)NCc3cccs3)cc2c1=O. The highest BCUT2D eigenvalue weighted by Crippen LogP contribution is 2.20. The molecule has 0 aliphatic rings. The van der Waals surface area contributed by atoms with Crippen molar-refractivity contribution in [3.8, 4) is 0 Å². The second kappa shape index (κ2) is 9.44. The Hall–Kier alpha value is -3.05. The Morgan fingerprint density at radius 1 is 1.12 bits per heavy atom. The highest BCUT2D eigenvalue weighted by Gasteiger charge is 2.20. The number of carbonyl (C=O) groups is 1. The summed E-state index contributed by atoms with van der Waals surface area (Å²) in [7, 11) is -4.10. The molecule has 33 heavy (non-hydrogen) atoms. The van der Waals surface area contributed by atoms with Crippen molar-refractivity contribution < 1.29 is 17.6 Å². The van der Waals surface area contributed by atoms with Gasteiger partial charge in [0.1, 0.15) is 11.4 Å². The highest BCUT2D eigenvalue weighted by atomic mass is 35.5. The van der Waals surface area contributed by atoms with Gasteiger partial charge in [-0.2, -0.15) is 0 Å². The van der Waals surface area contributed by atoms with Gasteiger partial charge < -0.3 is 10.3 Å². The van der Waals surface area contributed by atoms with E-state index in [9.17, 15) is 22.4 Å². The van der Waals surface area contributed by atoms with E-state index in [0.29, 0.717) is 5.02 Å². The second-order valence-electron chi connectivity index (χ2n) is 7.07. The van der Waals surface area contributed by atoms with Crippen LogP contribution in [0.25, 0.3) is 10.9 Å². The van der Waals surface area contributed by atoms with Crippen molar-refractivity contribution >= 4 is 49.8 Å². The number of aromatic amines is 1. The number of hydrogen-bond donors (Lipinski definition) is 3. The first-order valence-corrected chi connectivity index (χ1v) is 12.4. The Balaban J connectivity index is 1.62. The lowest BCUT2D eigenvalue weighted by Gasteiger charge is -2.09. The third kappa shape index (κ3) is 5.14. The molecule has 1 amide bonds. The van der Waals surface area contributed by atoms with Gasteiger partial charge in [0.2, 0.25) is 15.5 Å². The minimum atomic E-state index is -4.10. The van der Waals surface area contributed by atoms with E-state index in [4.69, 9.17) is 11.6 Å². The minimum absolute atomic E-state index is 0.0309. The number of H-pyrrole nitrogens is 1. The second-order valence-corrected chi connectivity index (χ2v) is 10.3. The zero-order valence-electron chi connectivity index (χ0n) is 16.9. The van der Waals surface area contributed by atoms with Crippen molar-refractivity contribution in [1.29, 1.82) is 0 Å². The number of nitrogens with one attached hydrogen (secondary N) is 3. The quantitative estimate of drug-likeness (QED) is 0.355. The summed E-state index contributed by atoms with van der Waals surface area (Å²) < 4.78 is 42.3. The molecule has 0 bridgehead atoms. The van der Waals surface area contributed by atoms with Crippen LogP contribution in [0.5, 0.6) is 0 Å². The van der Waals surface area contributed by atoms with Gasteiger partial charge in [-0.15, -0.1) is 11.3 Å². The van der Waals surface area contributed by atoms with Crippen molar-refractivity contribution in [2.24, 2.45) is 0 Å². The third-order valence-corrected chi connectivity index (χ3v) is 7.36. The number of amides is 1. The molecule has 0 spiro atoms. The van der Waals surface area contributed by atoms with Gasteiger partial charge in [-0.1, -0.05) is 29.8 Å².